The monoisotopic (exact) mass is 278 g/mol. The summed E-state index contributed by atoms with van der Waals surface area (Å²) in [5, 5.41) is 7.53. The molecule has 3 heterocycles. The van der Waals surface area contributed by atoms with E-state index >= 15 is 0 Å². The van der Waals surface area contributed by atoms with Crippen LogP contribution in [0.3, 0.4) is 0 Å². The van der Waals surface area contributed by atoms with Crippen LogP contribution in [-0.4, -0.2) is 47.8 Å². The van der Waals surface area contributed by atoms with Crippen molar-refractivity contribution in [2.24, 2.45) is 11.3 Å². The Morgan fingerprint density at radius 2 is 2.40 bits per heavy atom. The standard InChI is InChI=1S/C15H26N4O/c1-12-17-14(18-20-12)8-13-4-3-7-19(9-13)11-15(2)5-6-16-10-15/h13,16H,3-11H2,1-2H3. The number of nitrogens with one attached hydrogen (secondary N) is 1. The molecule has 5 nitrogen and oxygen atoms in total. The van der Waals surface area contributed by atoms with E-state index in [1.54, 1.807) is 0 Å². The zero-order chi connectivity index (χ0) is 14.0. The van der Waals surface area contributed by atoms with Crippen molar-refractivity contribution in [1.29, 1.82) is 0 Å². The molecule has 0 radical (unpaired) electrons. The van der Waals surface area contributed by atoms with Crippen LogP contribution >= 0.6 is 0 Å². The van der Waals surface area contributed by atoms with E-state index in [4.69, 9.17) is 4.52 Å². The molecule has 2 unspecified atom stereocenters. The van der Waals surface area contributed by atoms with Crippen molar-refractivity contribution in [2.45, 2.75) is 39.5 Å². The summed E-state index contributed by atoms with van der Waals surface area (Å²) in [5.74, 6) is 2.24. The fourth-order valence-corrected chi connectivity index (χ4v) is 3.69. The number of aromatic nitrogens is 2. The average molecular weight is 278 g/mol. The molecule has 5 heteroatoms. The van der Waals surface area contributed by atoms with Gasteiger partial charge in [0.15, 0.2) is 5.82 Å². The van der Waals surface area contributed by atoms with Crippen molar-refractivity contribution in [3.63, 3.8) is 0 Å². The first-order valence-corrected chi connectivity index (χ1v) is 7.85. The molecule has 1 aromatic heterocycles. The molecule has 3 rings (SSSR count). The minimum atomic E-state index is 0.463. The molecule has 2 aliphatic heterocycles. The third-order valence-electron chi connectivity index (χ3n) is 4.71. The third-order valence-corrected chi connectivity index (χ3v) is 4.71. The molecule has 1 aromatic rings. The fourth-order valence-electron chi connectivity index (χ4n) is 3.69. The molecule has 1 N–H and O–H groups in total. The largest absolute Gasteiger partial charge is 0.340 e. The van der Waals surface area contributed by atoms with Gasteiger partial charge in [-0.15, -0.1) is 0 Å². The Hall–Kier alpha value is -0.940. The van der Waals surface area contributed by atoms with E-state index in [-0.39, 0.29) is 0 Å². The van der Waals surface area contributed by atoms with E-state index in [0.717, 1.165) is 18.8 Å². The van der Waals surface area contributed by atoms with Crippen molar-refractivity contribution >= 4 is 0 Å². The van der Waals surface area contributed by atoms with Gasteiger partial charge in [0.25, 0.3) is 0 Å². The third kappa shape index (κ3) is 3.38. The number of hydrogen-bond donors (Lipinski definition) is 1. The highest BCUT2D eigenvalue weighted by molar-refractivity contribution is 4.91. The maximum Gasteiger partial charge on any atom is 0.223 e. The summed E-state index contributed by atoms with van der Waals surface area (Å²) < 4.78 is 5.07. The van der Waals surface area contributed by atoms with Crippen LogP contribution in [0.15, 0.2) is 4.52 Å². The molecule has 2 atom stereocenters. The van der Waals surface area contributed by atoms with Crippen LogP contribution in [0.1, 0.15) is 37.9 Å². The highest BCUT2D eigenvalue weighted by atomic mass is 16.5. The van der Waals surface area contributed by atoms with Crippen molar-refractivity contribution in [1.82, 2.24) is 20.4 Å². The smallest absolute Gasteiger partial charge is 0.223 e. The Morgan fingerprint density at radius 3 is 3.10 bits per heavy atom. The normalized spacial score (nSPS) is 31.8. The number of nitrogens with zero attached hydrogens (tertiary/aromatic N) is 3. The lowest BCUT2D eigenvalue weighted by molar-refractivity contribution is 0.119. The first kappa shape index (κ1) is 14.0. The van der Waals surface area contributed by atoms with E-state index in [0.29, 0.717) is 17.2 Å². The van der Waals surface area contributed by atoms with Gasteiger partial charge in [0.1, 0.15) is 0 Å². The molecule has 2 aliphatic rings. The van der Waals surface area contributed by atoms with E-state index in [9.17, 15) is 0 Å². The predicted octanol–water partition coefficient (Wildman–Crippen LogP) is 1.63. The summed E-state index contributed by atoms with van der Waals surface area (Å²) >= 11 is 0. The van der Waals surface area contributed by atoms with Gasteiger partial charge in [-0.25, -0.2) is 0 Å². The number of aryl methyl sites for hydroxylation is 1. The Labute approximate surface area is 121 Å². The van der Waals surface area contributed by atoms with E-state index in [2.05, 4.69) is 27.3 Å². The second-order valence-electron chi connectivity index (χ2n) is 6.91. The van der Waals surface area contributed by atoms with Crippen molar-refractivity contribution < 1.29 is 4.52 Å². The molecule has 0 amide bonds. The zero-order valence-electron chi connectivity index (χ0n) is 12.7. The molecular weight excluding hydrogens is 252 g/mol. The fraction of sp³-hybridized carbons (Fsp3) is 0.867. The first-order chi connectivity index (χ1) is 9.63. The highest BCUT2D eigenvalue weighted by Gasteiger charge is 2.32. The molecule has 0 spiro atoms. The summed E-state index contributed by atoms with van der Waals surface area (Å²) in [7, 11) is 0. The number of likely N-dealkylation sites (tertiary alicyclic amines) is 1. The van der Waals surface area contributed by atoms with Gasteiger partial charge in [-0.3, -0.25) is 0 Å². The maximum atomic E-state index is 5.07. The van der Waals surface area contributed by atoms with Crippen LogP contribution < -0.4 is 5.32 Å². The van der Waals surface area contributed by atoms with Crippen LogP contribution in [0.2, 0.25) is 0 Å². The maximum absolute atomic E-state index is 5.07. The predicted molar refractivity (Wildman–Crippen MR) is 77.5 cm³/mol. The Bertz CT molecular complexity index is 439. The van der Waals surface area contributed by atoms with Crippen molar-refractivity contribution in [2.75, 3.05) is 32.7 Å². The van der Waals surface area contributed by atoms with E-state index < -0.39 is 0 Å². The minimum Gasteiger partial charge on any atom is -0.340 e. The second-order valence-corrected chi connectivity index (χ2v) is 6.91. The molecule has 0 bridgehead atoms. The molecule has 2 fully saturated rings. The Kier molecular flexibility index (Phi) is 4.08. The summed E-state index contributed by atoms with van der Waals surface area (Å²) in [6.45, 7) is 10.3. The van der Waals surface area contributed by atoms with Gasteiger partial charge in [-0.05, 0) is 43.7 Å². The van der Waals surface area contributed by atoms with E-state index in [1.807, 2.05) is 6.92 Å². The molecule has 112 valence electrons. The SMILES string of the molecule is Cc1nc(CC2CCCN(CC3(C)CCNC3)C2)no1. The van der Waals surface area contributed by atoms with Crippen molar-refractivity contribution in [3.8, 4) is 0 Å². The Morgan fingerprint density at radius 1 is 1.50 bits per heavy atom. The lowest BCUT2D eigenvalue weighted by Crippen LogP contribution is -2.43. The molecule has 2 saturated heterocycles. The number of rotatable bonds is 4. The van der Waals surface area contributed by atoms with Crippen LogP contribution in [-0.2, 0) is 6.42 Å². The van der Waals surface area contributed by atoms with Crippen LogP contribution in [0.25, 0.3) is 0 Å². The molecule has 0 aliphatic carbocycles. The van der Waals surface area contributed by atoms with E-state index in [1.165, 1.54) is 45.4 Å². The first-order valence-electron chi connectivity index (χ1n) is 7.85. The summed E-state index contributed by atoms with van der Waals surface area (Å²) in [6.07, 6.45) is 4.85. The zero-order valence-corrected chi connectivity index (χ0v) is 12.7. The lowest BCUT2D eigenvalue weighted by atomic mass is 9.87. The lowest BCUT2D eigenvalue weighted by Gasteiger charge is -2.37. The number of hydrogen-bond acceptors (Lipinski definition) is 5. The molecule has 20 heavy (non-hydrogen) atoms. The average Bonchev–Trinajstić information content (AvgIpc) is 2.99. The summed E-state index contributed by atoms with van der Waals surface area (Å²) in [4.78, 5) is 6.99. The van der Waals surface area contributed by atoms with Gasteiger partial charge >= 0.3 is 0 Å². The van der Waals surface area contributed by atoms with Gasteiger partial charge in [-0.1, -0.05) is 12.1 Å². The van der Waals surface area contributed by atoms with Gasteiger partial charge in [0, 0.05) is 33.0 Å². The summed E-state index contributed by atoms with van der Waals surface area (Å²) in [6, 6.07) is 0. The van der Waals surface area contributed by atoms with Crippen LogP contribution in [0, 0.1) is 18.3 Å². The molecule has 0 aromatic carbocycles. The van der Waals surface area contributed by atoms with Crippen LogP contribution in [0.5, 0.6) is 0 Å². The second kappa shape index (κ2) is 5.82. The molecule has 0 saturated carbocycles. The van der Waals surface area contributed by atoms with Crippen LogP contribution in [0.4, 0.5) is 0 Å². The van der Waals surface area contributed by atoms with Gasteiger partial charge in [-0.2, -0.15) is 4.98 Å². The quantitative estimate of drug-likeness (QED) is 0.907. The van der Waals surface area contributed by atoms with Crippen molar-refractivity contribution in [3.05, 3.63) is 11.7 Å². The minimum absolute atomic E-state index is 0.463. The molecular formula is C15H26N4O. The Balaban J connectivity index is 1.53. The topological polar surface area (TPSA) is 54.2 Å². The van der Waals surface area contributed by atoms with Gasteiger partial charge < -0.3 is 14.7 Å². The van der Waals surface area contributed by atoms with Gasteiger partial charge in [0.2, 0.25) is 5.89 Å². The van der Waals surface area contributed by atoms with Gasteiger partial charge in [0.05, 0.1) is 0 Å². The highest BCUT2D eigenvalue weighted by Crippen LogP contribution is 2.28. The number of piperidine rings is 1. The summed E-state index contributed by atoms with van der Waals surface area (Å²) in [5.41, 5.74) is 0.463.